The van der Waals surface area contributed by atoms with Crippen molar-refractivity contribution in [2.75, 3.05) is 0 Å². The molecule has 1 amide bonds. The van der Waals surface area contributed by atoms with E-state index in [-0.39, 0.29) is 118 Å². The maximum absolute atomic E-state index is 9.47. The molecule has 0 spiro atoms. The number of nitrogens with two attached hydrogens (primary N) is 1. The Hall–Kier alpha value is 3.27. The molecule has 0 saturated carbocycles. The van der Waals surface area contributed by atoms with Crippen LogP contribution in [0.3, 0.4) is 0 Å². The summed E-state index contributed by atoms with van der Waals surface area (Å²) in [5.74, 6) is -0.481. The quantitative estimate of drug-likeness (QED) is 0.366. The van der Waals surface area contributed by atoms with Crippen LogP contribution in [-0.2, 0) is 4.79 Å². The van der Waals surface area contributed by atoms with Gasteiger partial charge in [0.2, 0.25) is 5.91 Å². The van der Waals surface area contributed by atoms with Crippen LogP contribution in [0.4, 0.5) is 0 Å². The molecule has 0 aliphatic heterocycles. The van der Waals surface area contributed by atoms with Gasteiger partial charge in [-0.15, -0.1) is 0 Å². The Balaban J connectivity index is -0.0000000178. The molecular formula is C3H5NNa4O5Si. The summed E-state index contributed by atoms with van der Waals surface area (Å²) in [4.78, 5) is 43.8. The molecule has 0 aliphatic carbocycles. The minimum Gasteiger partial charge on any atom is -0.894 e. The van der Waals surface area contributed by atoms with Gasteiger partial charge >= 0.3 is 118 Å². The van der Waals surface area contributed by atoms with E-state index in [0.717, 1.165) is 6.08 Å². The molecule has 0 radical (unpaired) electrons. The van der Waals surface area contributed by atoms with E-state index in [1.54, 1.807) is 0 Å². The van der Waals surface area contributed by atoms with Crippen LogP contribution < -0.4 is 143 Å². The van der Waals surface area contributed by atoms with Gasteiger partial charge in [-0.25, -0.2) is 0 Å². The zero-order valence-electron chi connectivity index (χ0n) is 8.90. The van der Waals surface area contributed by atoms with Crippen molar-refractivity contribution in [1.82, 2.24) is 0 Å². The van der Waals surface area contributed by atoms with Crippen LogP contribution in [0, 0.1) is 0 Å². The minimum atomic E-state index is -5.61. The van der Waals surface area contributed by atoms with E-state index in [4.69, 9.17) is 19.2 Å². The Morgan fingerprint density at radius 1 is 1.07 bits per heavy atom. The van der Waals surface area contributed by atoms with Crippen molar-refractivity contribution < 1.29 is 142 Å². The minimum absolute atomic E-state index is 0. The molecule has 0 saturated heterocycles. The fourth-order valence-corrected chi connectivity index (χ4v) is 0. The van der Waals surface area contributed by atoms with Crippen LogP contribution in [0.15, 0.2) is 12.7 Å². The van der Waals surface area contributed by atoms with Crippen LogP contribution in [0.1, 0.15) is 0 Å². The largest absolute Gasteiger partial charge is 1.00 e. The van der Waals surface area contributed by atoms with E-state index < -0.39 is 15.0 Å². The van der Waals surface area contributed by atoms with Crippen molar-refractivity contribution in [3.05, 3.63) is 12.7 Å². The summed E-state index contributed by atoms with van der Waals surface area (Å²) in [5.41, 5.74) is 4.53. The van der Waals surface area contributed by atoms with Crippen LogP contribution in [0.2, 0.25) is 0 Å². The maximum atomic E-state index is 9.47. The van der Waals surface area contributed by atoms with Gasteiger partial charge in [-0.05, 0) is 6.08 Å². The zero-order valence-corrected chi connectivity index (χ0v) is 17.9. The van der Waals surface area contributed by atoms with Crippen molar-refractivity contribution in [1.29, 1.82) is 0 Å². The number of hydrogen-bond donors (Lipinski definition) is 1. The average molecular weight is 255 g/mol. The molecule has 60 valence electrons. The van der Waals surface area contributed by atoms with E-state index in [1.165, 1.54) is 0 Å². The van der Waals surface area contributed by atoms with Gasteiger partial charge in [0, 0.05) is 0 Å². The van der Waals surface area contributed by atoms with Crippen molar-refractivity contribution in [2.24, 2.45) is 5.73 Å². The second kappa shape index (κ2) is 21.5. The number of rotatable bonds is 1. The third kappa shape index (κ3) is 112. The summed E-state index contributed by atoms with van der Waals surface area (Å²) < 4.78 is 0. The van der Waals surface area contributed by atoms with Crippen molar-refractivity contribution in [3.63, 3.8) is 0 Å². The third-order valence-electron chi connectivity index (χ3n) is 0.201. The molecule has 0 heterocycles. The standard InChI is InChI=1S/C3H5NO.4Na.O4Si/c1-2-3(4)5;;;;;1-5(2,3)4/h2H,1H2,(H2,4,5);;;;;/q;4*+1;-4. The van der Waals surface area contributed by atoms with Crippen molar-refractivity contribution >= 4 is 15.0 Å². The van der Waals surface area contributed by atoms with Gasteiger partial charge in [0.1, 0.15) is 0 Å². The van der Waals surface area contributed by atoms with E-state index >= 15 is 0 Å². The van der Waals surface area contributed by atoms with Crippen molar-refractivity contribution in [2.45, 2.75) is 0 Å². The molecular weight excluding hydrogens is 250 g/mol. The number of hydrogen-bond acceptors (Lipinski definition) is 5. The number of carbonyl (C=O) groups is 1. The smallest absolute Gasteiger partial charge is 0.894 e. The maximum Gasteiger partial charge on any atom is 1.00 e. The van der Waals surface area contributed by atoms with Gasteiger partial charge in [-0.2, -0.15) is 0 Å². The van der Waals surface area contributed by atoms with Gasteiger partial charge in [-0.1, -0.05) is 6.58 Å². The summed E-state index contributed by atoms with van der Waals surface area (Å²) in [7, 11) is -5.61. The van der Waals surface area contributed by atoms with E-state index in [2.05, 4.69) is 12.3 Å². The second-order valence-electron chi connectivity index (χ2n) is 1.11. The number of carbonyl (C=O) groups excluding carboxylic acids is 1. The third-order valence-corrected chi connectivity index (χ3v) is 0.201. The molecule has 2 N–H and O–H groups in total. The summed E-state index contributed by atoms with van der Waals surface area (Å²) in [5, 5.41) is 0. The van der Waals surface area contributed by atoms with E-state index in [9.17, 15) is 4.79 Å². The van der Waals surface area contributed by atoms with Gasteiger partial charge in [0.25, 0.3) is 0 Å². The monoisotopic (exact) mass is 255 g/mol. The molecule has 0 unspecified atom stereocenters. The first-order valence-electron chi connectivity index (χ1n) is 2.01. The van der Waals surface area contributed by atoms with Gasteiger partial charge in [0.05, 0.1) is 0 Å². The Kier molecular flexibility index (Phi) is 55.4. The summed E-state index contributed by atoms with van der Waals surface area (Å²) in [6, 6.07) is 0. The summed E-state index contributed by atoms with van der Waals surface area (Å²) in [6.07, 6.45) is 1.06. The number of primary amides is 1. The molecule has 0 aliphatic rings. The first kappa shape index (κ1) is 36.0. The van der Waals surface area contributed by atoms with Crippen LogP contribution in [-0.4, -0.2) is 15.0 Å². The van der Waals surface area contributed by atoms with Crippen LogP contribution in [0.25, 0.3) is 0 Å². The van der Waals surface area contributed by atoms with Gasteiger partial charge in [-0.3, -0.25) is 4.79 Å². The molecule has 0 rings (SSSR count). The first-order chi connectivity index (χ1) is 4.27. The molecule has 0 fully saturated rings. The predicted octanol–water partition coefficient (Wildman–Crippen LogP) is -17.5. The van der Waals surface area contributed by atoms with Crippen LogP contribution >= 0.6 is 0 Å². The second-order valence-corrected chi connectivity index (χ2v) is 2.11. The number of amides is 1. The molecule has 14 heavy (non-hydrogen) atoms. The average Bonchev–Trinajstić information content (AvgIpc) is 1.61. The molecule has 0 bridgehead atoms. The first-order valence-corrected chi connectivity index (χ1v) is 3.64. The van der Waals surface area contributed by atoms with Crippen molar-refractivity contribution in [3.8, 4) is 0 Å². The molecule has 0 atom stereocenters. The van der Waals surface area contributed by atoms with E-state index in [0.29, 0.717) is 0 Å². The molecule has 0 aromatic rings. The SMILES string of the molecule is C=CC(N)=O.[Na+].[Na+].[Na+].[Na+].[O-][Si]([O-])([O-])[O-]. The zero-order chi connectivity index (χ0) is 8.78. The fraction of sp³-hybridized carbons (Fsp3) is 0. The summed E-state index contributed by atoms with van der Waals surface area (Å²) in [6.45, 7) is 3.09. The molecule has 6 nitrogen and oxygen atoms in total. The molecule has 0 aromatic heterocycles. The van der Waals surface area contributed by atoms with Gasteiger partial charge in [0.15, 0.2) is 0 Å². The Morgan fingerprint density at radius 3 is 1.14 bits per heavy atom. The van der Waals surface area contributed by atoms with Crippen LogP contribution in [0.5, 0.6) is 0 Å². The Morgan fingerprint density at radius 2 is 1.14 bits per heavy atom. The predicted molar refractivity (Wildman–Crippen MR) is 25.1 cm³/mol. The fourth-order valence-electron chi connectivity index (χ4n) is 0. The van der Waals surface area contributed by atoms with E-state index in [1.807, 2.05) is 0 Å². The molecule has 11 heteroatoms. The Labute approximate surface area is 172 Å². The summed E-state index contributed by atoms with van der Waals surface area (Å²) >= 11 is 0. The topological polar surface area (TPSA) is 135 Å². The Bertz CT molecular complexity index is 125. The molecule has 0 aromatic carbocycles. The van der Waals surface area contributed by atoms with Gasteiger partial charge < -0.3 is 34.0 Å². The normalized spacial score (nSPS) is 6.57.